The highest BCUT2D eigenvalue weighted by Crippen LogP contribution is 2.26. The quantitative estimate of drug-likeness (QED) is 0.743. The molecule has 0 aromatic rings. The summed E-state index contributed by atoms with van der Waals surface area (Å²) in [6.07, 6.45) is 2.91. The number of nitrogens with two attached hydrogens (primary N) is 1. The minimum absolute atomic E-state index is 0.00319. The number of hydrogen-bond donors (Lipinski definition) is 1. The predicted molar refractivity (Wildman–Crippen MR) is 78.7 cm³/mol. The molecule has 0 amide bonds. The first-order valence-corrected chi connectivity index (χ1v) is 6.99. The Morgan fingerprint density at radius 1 is 1.11 bits per heavy atom. The van der Waals surface area contributed by atoms with Gasteiger partial charge in [0.25, 0.3) is 0 Å². The molecule has 0 saturated heterocycles. The van der Waals surface area contributed by atoms with E-state index >= 15 is 0 Å². The maximum Gasteiger partial charge on any atom is 0.155 e. The lowest BCUT2D eigenvalue weighted by Crippen LogP contribution is -2.51. The molecule has 0 saturated carbocycles. The summed E-state index contributed by atoms with van der Waals surface area (Å²) in [4.78, 5) is 14.8. The van der Waals surface area contributed by atoms with Crippen molar-refractivity contribution in [2.75, 3.05) is 13.6 Å². The van der Waals surface area contributed by atoms with E-state index < -0.39 is 0 Å². The van der Waals surface area contributed by atoms with Gasteiger partial charge in [-0.1, -0.05) is 27.2 Å². The van der Waals surface area contributed by atoms with Crippen molar-refractivity contribution in [3.8, 4) is 0 Å². The molecule has 0 fully saturated rings. The second kappa shape index (κ2) is 6.67. The van der Waals surface area contributed by atoms with E-state index in [0.29, 0.717) is 12.3 Å². The lowest BCUT2D eigenvalue weighted by molar-refractivity contribution is -0.133. The molecule has 3 heteroatoms. The van der Waals surface area contributed by atoms with Crippen LogP contribution >= 0.6 is 0 Å². The molecule has 0 bridgehead atoms. The fourth-order valence-corrected chi connectivity index (χ4v) is 1.95. The third-order valence-corrected chi connectivity index (χ3v) is 3.50. The Morgan fingerprint density at radius 3 is 1.94 bits per heavy atom. The van der Waals surface area contributed by atoms with Crippen LogP contribution < -0.4 is 5.73 Å². The first kappa shape index (κ1) is 17.6. The van der Waals surface area contributed by atoms with Crippen molar-refractivity contribution >= 4 is 5.78 Å². The SMILES string of the molecule is CN(C(CCCCN)C(=O)C(C)(C)C)C(C)(C)C. The van der Waals surface area contributed by atoms with Crippen LogP contribution in [0.15, 0.2) is 0 Å². The molecule has 0 aliphatic heterocycles. The van der Waals surface area contributed by atoms with E-state index in [9.17, 15) is 4.79 Å². The Balaban J connectivity index is 4.89. The second-order valence-corrected chi connectivity index (χ2v) is 7.20. The van der Waals surface area contributed by atoms with E-state index in [1.807, 2.05) is 20.8 Å². The minimum Gasteiger partial charge on any atom is -0.330 e. The van der Waals surface area contributed by atoms with Gasteiger partial charge in [0.15, 0.2) is 5.78 Å². The number of nitrogens with zero attached hydrogens (tertiary/aromatic N) is 1. The maximum atomic E-state index is 12.6. The van der Waals surface area contributed by atoms with Gasteiger partial charge in [0.1, 0.15) is 0 Å². The fraction of sp³-hybridized carbons (Fsp3) is 0.933. The molecular formula is C15H32N2O. The van der Waals surface area contributed by atoms with E-state index in [0.717, 1.165) is 19.3 Å². The summed E-state index contributed by atoms with van der Waals surface area (Å²) in [6, 6.07) is -0.00319. The van der Waals surface area contributed by atoms with Crippen LogP contribution in [0.5, 0.6) is 0 Å². The zero-order valence-corrected chi connectivity index (χ0v) is 13.3. The molecule has 0 spiro atoms. The van der Waals surface area contributed by atoms with Crippen LogP contribution in [0.4, 0.5) is 0 Å². The standard InChI is InChI=1S/C15H32N2O/c1-14(2,3)13(18)12(10-8-9-11-16)17(7)15(4,5)6/h12H,8-11,16H2,1-7H3. The molecule has 0 aromatic heterocycles. The smallest absolute Gasteiger partial charge is 0.155 e. The Kier molecular flexibility index (Phi) is 6.52. The number of likely N-dealkylation sites (N-methyl/N-ethyl adjacent to an activating group) is 1. The van der Waals surface area contributed by atoms with Crippen molar-refractivity contribution in [1.82, 2.24) is 4.90 Å². The largest absolute Gasteiger partial charge is 0.330 e. The molecule has 1 unspecified atom stereocenters. The highest BCUT2D eigenvalue weighted by Gasteiger charge is 2.35. The third-order valence-electron chi connectivity index (χ3n) is 3.50. The van der Waals surface area contributed by atoms with Gasteiger partial charge in [-0.25, -0.2) is 0 Å². The van der Waals surface area contributed by atoms with Crippen molar-refractivity contribution in [2.24, 2.45) is 11.1 Å². The summed E-state index contributed by atoms with van der Waals surface area (Å²) < 4.78 is 0. The average molecular weight is 256 g/mol. The molecule has 3 nitrogen and oxygen atoms in total. The Bertz CT molecular complexity index is 261. The third kappa shape index (κ3) is 5.49. The Hall–Kier alpha value is -0.410. The van der Waals surface area contributed by atoms with Gasteiger partial charge >= 0.3 is 0 Å². The zero-order chi connectivity index (χ0) is 14.6. The first-order chi connectivity index (χ1) is 8.01. The minimum atomic E-state index is -0.285. The van der Waals surface area contributed by atoms with Crippen LogP contribution in [0.25, 0.3) is 0 Å². The van der Waals surface area contributed by atoms with E-state index in [4.69, 9.17) is 5.73 Å². The van der Waals surface area contributed by atoms with Crippen LogP contribution in [0.3, 0.4) is 0 Å². The Labute approximate surface area is 113 Å². The van der Waals surface area contributed by atoms with E-state index in [1.54, 1.807) is 0 Å². The van der Waals surface area contributed by atoms with Gasteiger partial charge in [-0.15, -0.1) is 0 Å². The van der Waals surface area contributed by atoms with Crippen molar-refractivity contribution in [3.63, 3.8) is 0 Å². The van der Waals surface area contributed by atoms with Crippen molar-refractivity contribution in [3.05, 3.63) is 0 Å². The van der Waals surface area contributed by atoms with Crippen molar-refractivity contribution < 1.29 is 4.79 Å². The van der Waals surface area contributed by atoms with Crippen molar-refractivity contribution in [1.29, 1.82) is 0 Å². The molecule has 1 atom stereocenters. The van der Waals surface area contributed by atoms with Gasteiger partial charge in [0.2, 0.25) is 0 Å². The van der Waals surface area contributed by atoms with Gasteiger partial charge < -0.3 is 5.73 Å². The average Bonchev–Trinajstić information content (AvgIpc) is 2.20. The van der Waals surface area contributed by atoms with E-state index in [1.165, 1.54) is 0 Å². The molecule has 18 heavy (non-hydrogen) atoms. The van der Waals surface area contributed by atoms with Crippen LogP contribution in [0.1, 0.15) is 60.8 Å². The normalized spacial score (nSPS) is 14.9. The number of carbonyl (C=O) groups is 1. The second-order valence-electron chi connectivity index (χ2n) is 7.20. The molecule has 0 heterocycles. The van der Waals surface area contributed by atoms with Crippen LogP contribution in [0.2, 0.25) is 0 Å². The number of ketones is 1. The Morgan fingerprint density at radius 2 is 1.61 bits per heavy atom. The zero-order valence-electron chi connectivity index (χ0n) is 13.3. The topological polar surface area (TPSA) is 46.3 Å². The number of hydrogen-bond acceptors (Lipinski definition) is 3. The van der Waals surface area contributed by atoms with Crippen molar-refractivity contribution in [2.45, 2.75) is 72.4 Å². The van der Waals surface area contributed by atoms with Gasteiger partial charge in [-0.05, 0) is 47.2 Å². The summed E-state index contributed by atoms with van der Waals surface area (Å²) in [6.45, 7) is 13.2. The summed E-state index contributed by atoms with van der Waals surface area (Å²) in [5, 5.41) is 0. The summed E-state index contributed by atoms with van der Waals surface area (Å²) >= 11 is 0. The molecule has 0 aliphatic carbocycles. The lowest BCUT2D eigenvalue weighted by Gasteiger charge is -2.40. The highest BCUT2D eigenvalue weighted by atomic mass is 16.1. The molecule has 0 radical (unpaired) electrons. The highest BCUT2D eigenvalue weighted by molar-refractivity contribution is 5.88. The monoisotopic (exact) mass is 256 g/mol. The van der Waals surface area contributed by atoms with Gasteiger partial charge in [0.05, 0.1) is 6.04 Å². The predicted octanol–water partition coefficient (Wildman–Crippen LogP) is 2.83. The van der Waals surface area contributed by atoms with Gasteiger partial charge in [-0.3, -0.25) is 9.69 Å². The number of carbonyl (C=O) groups excluding carboxylic acids is 1. The fourth-order valence-electron chi connectivity index (χ4n) is 1.95. The summed E-state index contributed by atoms with van der Waals surface area (Å²) in [5.74, 6) is 0.331. The molecular weight excluding hydrogens is 224 g/mol. The number of rotatable bonds is 6. The van der Waals surface area contributed by atoms with Crippen LogP contribution in [0, 0.1) is 5.41 Å². The van der Waals surface area contributed by atoms with E-state index in [-0.39, 0.29) is 17.0 Å². The van der Waals surface area contributed by atoms with Gasteiger partial charge in [-0.2, -0.15) is 0 Å². The first-order valence-electron chi connectivity index (χ1n) is 6.99. The molecule has 0 aromatic carbocycles. The lowest BCUT2D eigenvalue weighted by atomic mass is 9.83. The summed E-state index contributed by atoms with van der Waals surface area (Å²) in [5.41, 5.74) is 5.26. The van der Waals surface area contributed by atoms with Crippen LogP contribution in [-0.2, 0) is 4.79 Å². The maximum absolute atomic E-state index is 12.6. The van der Waals surface area contributed by atoms with E-state index in [2.05, 4.69) is 32.7 Å². The van der Waals surface area contributed by atoms with Crippen LogP contribution in [-0.4, -0.2) is 35.9 Å². The van der Waals surface area contributed by atoms with Gasteiger partial charge in [0, 0.05) is 11.0 Å². The number of unbranched alkanes of at least 4 members (excludes halogenated alkanes) is 1. The molecule has 2 N–H and O–H groups in total. The molecule has 0 aliphatic rings. The molecule has 0 rings (SSSR count). The summed E-state index contributed by atoms with van der Waals surface area (Å²) in [7, 11) is 2.05. The number of Topliss-reactive ketones (excluding diaryl/α,β-unsaturated/α-hetero) is 1. The molecule has 108 valence electrons.